The van der Waals surface area contributed by atoms with E-state index in [-0.39, 0.29) is 0 Å². The van der Waals surface area contributed by atoms with Gasteiger partial charge >= 0.3 is 0 Å². The summed E-state index contributed by atoms with van der Waals surface area (Å²) in [5, 5.41) is 0.292. The smallest absolute Gasteiger partial charge is 0.191 e. The van der Waals surface area contributed by atoms with E-state index in [1.54, 1.807) is 0 Å². The van der Waals surface area contributed by atoms with Crippen molar-refractivity contribution >= 4 is 8.32 Å². The van der Waals surface area contributed by atoms with E-state index in [1.807, 2.05) is 0 Å². The van der Waals surface area contributed by atoms with Gasteiger partial charge in [0.15, 0.2) is 8.32 Å². The molecule has 0 fully saturated rings. The van der Waals surface area contributed by atoms with Gasteiger partial charge in [0.1, 0.15) is 5.82 Å². The number of nitrogens with zero attached hydrogens (tertiary/aromatic N) is 2. The van der Waals surface area contributed by atoms with Crippen LogP contribution in [0, 0.1) is 0 Å². The summed E-state index contributed by atoms with van der Waals surface area (Å²) in [5.74, 6) is 1.27. The monoisotopic (exact) mass is 280 g/mol. The van der Waals surface area contributed by atoms with Crippen LogP contribution in [0.15, 0.2) is 6.20 Å². The Morgan fingerprint density at radius 3 is 2.68 bits per heavy atom. The third kappa shape index (κ3) is 3.48. The number of fused-ring (bicyclic) bond motifs is 1. The van der Waals surface area contributed by atoms with Crippen molar-refractivity contribution in [3.8, 4) is 0 Å². The predicted octanol–water partition coefficient (Wildman–Crippen LogP) is 3.78. The van der Waals surface area contributed by atoms with Crippen molar-refractivity contribution < 1.29 is 4.43 Å². The Bertz CT molecular complexity index is 408. The molecule has 4 heteroatoms. The van der Waals surface area contributed by atoms with Crippen LogP contribution in [0.25, 0.3) is 0 Å². The molecule has 0 radical (unpaired) electrons. The summed E-state index contributed by atoms with van der Waals surface area (Å²) in [6, 6.07) is 0. The first-order valence-corrected chi connectivity index (χ1v) is 10.4. The number of aromatic nitrogens is 2. The number of rotatable bonds is 4. The molecule has 0 saturated heterocycles. The molecule has 0 atom stereocenters. The third-order valence-electron chi connectivity index (χ3n) is 4.59. The van der Waals surface area contributed by atoms with Gasteiger partial charge in [0.25, 0.3) is 0 Å². The molecule has 1 aromatic heterocycles. The molecule has 0 unspecified atom stereocenters. The summed E-state index contributed by atoms with van der Waals surface area (Å²) in [5.41, 5.74) is 1.20. The average molecular weight is 280 g/mol. The van der Waals surface area contributed by atoms with Gasteiger partial charge in [0, 0.05) is 32.2 Å². The van der Waals surface area contributed by atoms with Crippen molar-refractivity contribution in [2.45, 2.75) is 71.1 Å². The third-order valence-corrected chi connectivity index (χ3v) is 9.12. The molecule has 2 rings (SSSR count). The fraction of sp³-hybridized carbons (Fsp3) is 0.800. The highest BCUT2D eigenvalue weighted by Gasteiger charge is 2.36. The van der Waals surface area contributed by atoms with E-state index in [4.69, 9.17) is 9.41 Å². The Labute approximate surface area is 118 Å². The van der Waals surface area contributed by atoms with Crippen molar-refractivity contribution in [1.29, 1.82) is 0 Å². The lowest BCUT2D eigenvalue weighted by atomic mass is 10.2. The number of imidazole rings is 1. The van der Waals surface area contributed by atoms with Crippen LogP contribution in [-0.2, 0) is 23.8 Å². The van der Waals surface area contributed by atoms with Crippen molar-refractivity contribution in [2.75, 3.05) is 6.61 Å². The largest absolute Gasteiger partial charge is 0.416 e. The number of hydrogen-bond acceptors (Lipinski definition) is 2. The maximum Gasteiger partial charge on any atom is 0.191 e. The Balaban J connectivity index is 1.88. The van der Waals surface area contributed by atoms with Gasteiger partial charge < -0.3 is 8.99 Å². The van der Waals surface area contributed by atoms with Crippen molar-refractivity contribution in [1.82, 2.24) is 9.55 Å². The molecule has 108 valence electrons. The van der Waals surface area contributed by atoms with Gasteiger partial charge in [-0.1, -0.05) is 20.8 Å². The maximum atomic E-state index is 6.22. The Morgan fingerprint density at radius 2 is 2.05 bits per heavy atom. The van der Waals surface area contributed by atoms with Crippen LogP contribution in [0.5, 0.6) is 0 Å². The topological polar surface area (TPSA) is 27.1 Å². The second-order valence-corrected chi connectivity index (χ2v) is 12.0. The van der Waals surface area contributed by atoms with Gasteiger partial charge in [0.2, 0.25) is 0 Å². The highest BCUT2D eigenvalue weighted by atomic mass is 28.4. The first-order chi connectivity index (χ1) is 8.79. The van der Waals surface area contributed by atoms with Crippen molar-refractivity contribution in [3.63, 3.8) is 0 Å². The molecule has 0 N–H and O–H groups in total. The molecular formula is C15H28N2OSi. The molecule has 0 amide bonds. The number of aryl methyl sites for hydroxylation is 2. The molecule has 0 aromatic carbocycles. The van der Waals surface area contributed by atoms with Crippen LogP contribution in [0.2, 0.25) is 18.1 Å². The Morgan fingerprint density at radius 1 is 1.32 bits per heavy atom. The van der Waals surface area contributed by atoms with Crippen molar-refractivity contribution in [2.24, 2.45) is 0 Å². The van der Waals surface area contributed by atoms with Crippen LogP contribution in [0.3, 0.4) is 0 Å². The number of hydrogen-bond donors (Lipinski definition) is 0. The zero-order valence-corrected chi connectivity index (χ0v) is 14.1. The average Bonchev–Trinajstić information content (AvgIpc) is 2.69. The highest BCUT2D eigenvalue weighted by molar-refractivity contribution is 6.74. The first kappa shape index (κ1) is 14.8. The normalized spacial score (nSPS) is 16.5. The fourth-order valence-electron chi connectivity index (χ4n) is 2.22. The summed E-state index contributed by atoms with van der Waals surface area (Å²) >= 11 is 0. The molecule has 2 heterocycles. The minimum Gasteiger partial charge on any atom is -0.416 e. The minimum atomic E-state index is -1.60. The van der Waals surface area contributed by atoms with Gasteiger partial charge in [-0.2, -0.15) is 0 Å². The molecular weight excluding hydrogens is 252 g/mol. The second-order valence-electron chi connectivity index (χ2n) is 7.16. The van der Waals surface area contributed by atoms with E-state index < -0.39 is 8.32 Å². The van der Waals surface area contributed by atoms with Gasteiger partial charge in [-0.05, 0) is 31.0 Å². The van der Waals surface area contributed by atoms with Crippen LogP contribution in [0.4, 0.5) is 0 Å². The van der Waals surface area contributed by atoms with Crippen LogP contribution in [-0.4, -0.2) is 24.5 Å². The maximum absolute atomic E-state index is 6.22. The SMILES string of the molecule is CC(C)(C)[Si](C)(C)OCCc1cn2c(n1)CCCC2. The molecule has 1 aromatic rings. The molecule has 3 nitrogen and oxygen atoms in total. The summed E-state index contributed by atoms with van der Waals surface area (Å²) in [6.07, 6.45) is 6.90. The highest BCUT2D eigenvalue weighted by Crippen LogP contribution is 2.36. The van der Waals surface area contributed by atoms with E-state index in [1.165, 1.54) is 24.4 Å². The predicted molar refractivity (Wildman–Crippen MR) is 82.0 cm³/mol. The zero-order valence-electron chi connectivity index (χ0n) is 13.1. The molecule has 0 spiro atoms. The van der Waals surface area contributed by atoms with Crippen LogP contribution >= 0.6 is 0 Å². The zero-order chi connectivity index (χ0) is 14.1. The van der Waals surface area contributed by atoms with E-state index in [0.29, 0.717) is 5.04 Å². The van der Waals surface area contributed by atoms with Gasteiger partial charge in [-0.25, -0.2) is 4.98 Å². The lowest BCUT2D eigenvalue weighted by Crippen LogP contribution is -2.41. The molecule has 0 bridgehead atoms. The molecule has 0 aliphatic carbocycles. The van der Waals surface area contributed by atoms with E-state index >= 15 is 0 Å². The van der Waals surface area contributed by atoms with Crippen LogP contribution < -0.4 is 0 Å². The summed E-state index contributed by atoms with van der Waals surface area (Å²) in [7, 11) is -1.60. The van der Waals surface area contributed by atoms with Crippen LogP contribution in [0.1, 0.15) is 45.1 Å². The van der Waals surface area contributed by atoms with E-state index in [9.17, 15) is 0 Å². The quantitative estimate of drug-likeness (QED) is 0.785. The van der Waals surface area contributed by atoms with Gasteiger partial charge in [-0.15, -0.1) is 0 Å². The minimum absolute atomic E-state index is 0.292. The summed E-state index contributed by atoms with van der Waals surface area (Å²) in [6.45, 7) is 13.4. The molecule has 19 heavy (non-hydrogen) atoms. The standard InChI is InChI=1S/C15H28N2OSi/c1-15(2,3)19(4,5)18-11-9-13-12-17-10-7-6-8-14(17)16-13/h12H,6-11H2,1-5H3. The van der Waals surface area contributed by atoms with Gasteiger partial charge in [-0.3, -0.25) is 0 Å². The summed E-state index contributed by atoms with van der Waals surface area (Å²) < 4.78 is 8.54. The summed E-state index contributed by atoms with van der Waals surface area (Å²) in [4.78, 5) is 4.73. The Hall–Kier alpha value is -0.613. The fourth-order valence-corrected chi connectivity index (χ4v) is 3.26. The molecule has 1 aliphatic rings. The van der Waals surface area contributed by atoms with E-state index in [0.717, 1.165) is 26.0 Å². The second kappa shape index (κ2) is 5.41. The first-order valence-electron chi connectivity index (χ1n) is 7.48. The Kier molecular flexibility index (Phi) is 4.21. The van der Waals surface area contributed by atoms with E-state index in [2.05, 4.69) is 44.6 Å². The lowest BCUT2D eigenvalue weighted by molar-refractivity contribution is 0.291. The lowest BCUT2D eigenvalue weighted by Gasteiger charge is -2.36. The van der Waals surface area contributed by atoms with Crippen molar-refractivity contribution in [3.05, 3.63) is 17.7 Å². The van der Waals surface area contributed by atoms with Gasteiger partial charge in [0.05, 0.1) is 5.69 Å². The molecule has 0 saturated carbocycles. The molecule has 1 aliphatic heterocycles.